The average molecular weight is 223 g/mol. The molecule has 0 aliphatic rings. The summed E-state index contributed by atoms with van der Waals surface area (Å²) in [7, 11) is 0. The van der Waals surface area contributed by atoms with Crippen molar-refractivity contribution in [2.75, 3.05) is 13.1 Å². The molecule has 3 nitrogen and oxygen atoms in total. The Bertz CT molecular complexity index is 278. The average Bonchev–Trinajstić information content (AvgIpc) is 2.64. The molecule has 0 radical (unpaired) electrons. The molecule has 0 atom stereocenters. The van der Waals surface area contributed by atoms with Crippen LogP contribution in [0.2, 0.25) is 0 Å². The highest BCUT2D eigenvalue weighted by Gasteiger charge is 2.00. The van der Waals surface area contributed by atoms with Gasteiger partial charge in [-0.2, -0.15) is 5.10 Å². The van der Waals surface area contributed by atoms with Gasteiger partial charge in [0.05, 0.1) is 6.20 Å². The Morgan fingerprint density at radius 2 is 2.19 bits per heavy atom. The van der Waals surface area contributed by atoms with Gasteiger partial charge in [-0.05, 0) is 43.8 Å². The van der Waals surface area contributed by atoms with E-state index in [9.17, 15) is 0 Å². The Morgan fingerprint density at radius 1 is 1.38 bits per heavy atom. The van der Waals surface area contributed by atoms with Gasteiger partial charge in [0.1, 0.15) is 0 Å². The van der Waals surface area contributed by atoms with Crippen LogP contribution in [0.4, 0.5) is 0 Å². The molecule has 0 aromatic carbocycles. The van der Waals surface area contributed by atoms with E-state index < -0.39 is 0 Å². The number of hydrogen-bond acceptors (Lipinski definition) is 2. The van der Waals surface area contributed by atoms with Crippen molar-refractivity contribution in [3.8, 4) is 0 Å². The van der Waals surface area contributed by atoms with E-state index in [4.69, 9.17) is 0 Å². The zero-order valence-electron chi connectivity index (χ0n) is 10.9. The minimum absolute atomic E-state index is 0.666. The van der Waals surface area contributed by atoms with Crippen molar-refractivity contribution in [2.45, 2.75) is 46.6 Å². The van der Waals surface area contributed by atoms with Gasteiger partial charge < -0.3 is 5.32 Å². The highest BCUT2D eigenvalue weighted by atomic mass is 15.3. The van der Waals surface area contributed by atoms with Gasteiger partial charge in [-0.3, -0.25) is 4.68 Å². The SMILES string of the molecule is CCCNCCCc1cnn(CC(C)C)c1. The number of rotatable bonds is 8. The molecule has 0 unspecified atom stereocenters. The standard InChI is InChI=1S/C13H25N3/c1-4-7-14-8-5-6-13-9-15-16(11-13)10-12(2)3/h9,11-12,14H,4-8,10H2,1-3H3. The van der Waals surface area contributed by atoms with Gasteiger partial charge in [-0.15, -0.1) is 0 Å². The van der Waals surface area contributed by atoms with Crippen molar-refractivity contribution in [2.24, 2.45) is 5.92 Å². The maximum atomic E-state index is 4.37. The monoisotopic (exact) mass is 223 g/mol. The third-order valence-electron chi connectivity index (χ3n) is 2.48. The third-order valence-corrected chi connectivity index (χ3v) is 2.48. The highest BCUT2D eigenvalue weighted by molar-refractivity contribution is 5.03. The van der Waals surface area contributed by atoms with Crippen molar-refractivity contribution in [1.82, 2.24) is 15.1 Å². The second-order valence-corrected chi connectivity index (χ2v) is 4.82. The molecule has 0 spiro atoms. The van der Waals surface area contributed by atoms with Gasteiger partial charge in [0.2, 0.25) is 0 Å². The summed E-state index contributed by atoms with van der Waals surface area (Å²) in [6.07, 6.45) is 7.73. The van der Waals surface area contributed by atoms with Gasteiger partial charge in [-0.25, -0.2) is 0 Å². The first-order valence-corrected chi connectivity index (χ1v) is 6.44. The van der Waals surface area contributed by atoms with E-state index in [1.807, 2.05) is 6.20 Å². The zero-order valence-corrected chi connectivity index (χ0v) is 10.9. The molecule has 0 aliphatic heterocycles. The topological polar surface area (TPSA) is 29.9 Å². The lowest BCUT2D eigenvalue weighted by molar-refractivity contribution is 0.483. The van der Waals surface area contributed by atoms with E-state index in [-0.39, 0.29) is 0 Å². The van der Waals surface area contributed by atoms with Crippen LogP contribution in [0.1, 0.15) is 39.2 Å². The van der Waals surface area contributed by atoms with Gasteiger partial charge in [0.15, 0.2) is 0 Å². The van der Waals surface area contributed by atoms with Crippen molar-refractivity contribution in [3.63, 3.8) is 0 Å². The first kappa shape index (κ1) is 13.2. The van der Waals surface area contributed by atoms with Crippen LogP contribution in [0.3, 0.4) is 0 Å². The number of hydrogen-bond donors (Lipinski definition) is 1. The summed E-state index contributed by atoms with van der Waals surface area (Å²) in [5, 5.41) is 7.78. The summed E-state index contributed by atoms with van der Waals surface area (Å²) in [6.45, 7) is 9.90. The molecule has 0 fully saturated rings. The van der Waals surface area contributed by atoms with E-state index in [2.05, 4.69) is 42.1 Å². The normalized spacial score (nSPS) is 11.2. The molecule has 3 heteroatoms. The summed E-state index contributed by atoms with van der Waals surface area (Å²) in [6, 6.07) is 0. The lowest BCUT2D eigenvalue weighted by Crippen LogP contribution is -2.16. The molecule has 16 heavy (non-hydrogen) atoms. The Labute approximate surface area is 99.2 Å². The van der Waals surface area contributed by atoms with Gasteiger partial charge in [-0.1, -0.05) is 20.8 Å². The third kappa shape index (κ3) is 5.31. The number of aryl methyl sites for hydroxylation is 1. The number of nitrogens with zero attached hydrogens (tertiary/aromatic N) is 2. The molecule has 92 valence electrons. The molecule has 1 aromatic heterocycles. The zero-order chi connectivity index (χ0) is 11.8. The van der Waals surface area contributed by atoms with E-state index in [1.54, 1.807) is 0 Å². The Hall–Kier alpha value is -0.830. The minimum Gasteiger partial charge on any atom is -0.317 e. The predicted octanol–water partition coefficient (Wildman–Crippen LogP) is 2.47. The summed E-state index contributed by atoms with van der Waals surface area (Å²) in [4.78, 5) is 0. The summed E-state index contributed by atoms with van der Waals surface area (Å²) >= 11 is 0. The van der Waals surface area contributed by atoms with Crippen molar-refractivity contribution >= 4 is 0 Å². The van der Waals surface area contributed by atoms with E-state index in [0.717, 1.165) is 26.1 Å². The van der Waals surface area contributed by atoms with Crippen LogP contribution < -0.4 is 5.32 Å². The predicted molar refractivity (Wildman–Crippen MR) is 68.5 cm³/mol. The molecule has 1 N–H and O–H groups in total. The van der Waals surface area contributed by atoms with E-state index in [1.165, 1.54) is 18.4 Å². The van der Waals surface area contributed by atoms with Crippen LogP contribution in [0, 0.1) is 5.92 Å². The minimum atomic E-state index is 0.666. The number of aromatic nitrogens is 2. The van der Waals surface area contributed by atoms with Crippen LogP contribution in [0.25, 0.3) is 0 Å². The summed E-state index contributed by atoms with van der Waals surface area (Å²) < 4.78 is 2.06. The van der Waals surface area contributed by atoms with Gasteiger partial charge >= 0.3 is 0 Å². The highest BCUT2D eigenvalue weighted by Crippen LogP contribution is 2.04. The van der Waals surface area contributed by atoms with Crippen LogP contribution >= 0.6 is 0 Å². The molecular weight excluding hydrogens is 198 g/mol. The lowest BCUT2D eigenvalue weighted by Gasteiger charge is -2.03. The van der Waals surface area contributed by atoms with Crippen LogP contribution in [0.15, 0.2) is 12.4 Å². The fourth-order valence-corrected chi connectivity index (χ4v) is 1.73. The Morgan fingerprint density at radius 3 is 2.88 bits per heavy atom. The molecule has 1 rings (SSSR count). The first-order chi connectivity index (χ1) is 7.72. The molecule has 1 aromatic rings. The van der Waals surface area contributed by atoms with Crippen molar-refractivity contribution < 1.29 is 0 Å². The molecule has 0 amide bonds. The van der Waals surface area contributed by atoms with Gasteiger partial charge in [0.25, 0.3) is 0 Å². The maximum absolute atomic E-state index is 4.37. The van der Waals surface area contributed by atoms with Crippen molar-refractivity contribution in [3.05, 3.63) is 18.0 Å². The molecule has 0 saturated heterocycles. The van der Waals surface area contributed by atoms with E-state index in [0.29, 0.717) is 5.92 Å². The summed E-state index contributed by atoms with van der Waals surface area (Å²) in [5.74, 6) is 0.666. The Balaban J connectivity index is 2.19. The molecular formula is C13H25N3. The van der Waals surface area contributed by atoms with E-state index >= 15 is 0 Å². The molecule has 0 saturated carbocycles. The first-order valence-electron chi connectivity index (χ1n) is 6.44. The van der Waals surface area contributed by atoms with Crippen LogP contribution in [-0.4, -0.2) is 22.9 Å². The summed E-state index contributed by atoms with van der Waals surface area (Å²) in [5.41, 5.74) is 1.36. The molecule has 1 heterocycles. The largest absolute Gasteiger partial charge is 0.317 e. The molecule has 0 bridgehead atoms. The fourth-order valence-electron chi connectivity index (χ4n) is 1.73. The van der Waals surface area contributed by atoms with Gasteiger partial charge in [0, 0.05) is 12.7 Å². The second kappa shape index (κ2) is 7.44. The van der Waals surface area contributed by atoms with Crippen LogP contribution in [-0.2, 0) is 13.0 Å². The Kier molecular flexibility index (Phi) is 6.16. The molecule has 0 aliphatic carbocycles. The lowest BCUT2D eigenvalue weighted by atomic mass is 10.2. The fraction of sp³-hybridized carbons (Fsp3) is 0.769. The van der Waals surface area contributed by atoms with Crippen molar-refractivity contribution in [1.29, 1.82) is 0 Å². The maximum Gasteiger partial charge on any atom is 0.0521 e. The smallest absolute Gasteiger partial charge is 0.0521 e. The quantitative estimate of drug-likeness (QED) is 0.686. The second-order valence-electron chi connectivity index (χ2n) is 4.82. The van der Waals surface area contributed by atoms with Crippen LogP contribution in [0.5, 0.6) is 0 Å². The number of nitrogens with one attached hydrogen (secondary N) is 1.